The standard InChI is InChI=1S/C4H8N4O2/c1-2(9)7-4(10)8-3(5)6/h1H3,(H5,5,6,7,8,9,10). The number of nitrogens with two attached hydrogens (primary N) is 2. The Bertz CT molecular complexity index is 182. The van der Waals surface area contributed by atoms with Crippen LogP contribution in [0.2, 0.25) is 0 Å². The highest BCUT2D eigenvalue weighted by atomic mass is 16.2. The largest absolute Gasteiger partial charge is 0.370 e. The third-order valence-corrected chi connectivity index (χ3v) is 0.514. The number of carbonyl (C=O) groups excluding carboxylic acids is 2. The lowest BCUT2D eigenvalue weighted by Gasteiger charge is -1.92. The van der Waals surface area contributed by atoms with Crippen molar-refractivity contribution in [3.63, 3.8) is 0 Å². The van der Waals surface area contributed by atoms with Gasteiger partial charge in [-0.25, -0.2) is 4.79 Å². The average molecular weight is 144 g/mol. The molecule has 6 heteroatoms. The minimum atomic E-state index is -0.854. The minimum Gasteiger partial charge on any atom is -0.370 e. The van der Waals surface area contributed by atoms with Crippen LogP contribution >= 0.6 is 0 Å². The third kappa shape index (κ3) is 4.57. The van der Waals surface area contributed by atoms with Gasteiger partial charge < -0.3 is 11.5 Å². The molecule has 0 saturated heterocycles. The first-order valence-electron chi connectivity index (χ1n) is 2.43. The van der Waals surface area contributed by atoms with Crippen LogP contribution in [-0.2, 0) is 4.79 Å². The molecule has 56 valence electrons. The smallest absolute Gasteiger partial charge is 0.350 e. The van der Waals surface area contributed by atoms with Gasteiger partial charge in [0.2, 0.25) is 5.91 Å². The van der Waals surface area contributed by atoms with E-state index in [1.807, 2.05) is 5.32 Å². The Morgan fingerprint density at radius 3 is 2.20 bits per heavy atom. The second-order valence-corrected chi connectivity index (χ2v) is 1.52. The fourth-order valence-corrected chi connectivity index (χ4v) is 0.296. The topological polar surface area (TPSA) is 111 Å². The maximum Gasteiger partial charge on any atom is 0.350 e. The molecule has 6 nitrogen and oxygen atoms in total. The number of amides is 3. The van der Waals surface area contributed by atoms with E-state index in [0.29, 0.717) is 0 Å². The maximum atomic E-state index is 10.4. The van der Waals surface area contributed by atoms with Crippen molar-refractivity contribution >= 4 is 17.9 Å². The van der Waals surface area contributed by atoms with Crippen molar-refractivity contribution < 1.29 is 9.59 Å². The second-order valence-electron chi connectivity index (χ2n) is 1.52. The van der Waals surface area contributed by atoms with Crippen LogP contribution < -0.4 is 16.8 Å². The molecule has 0 radical (unpaired) electrons. The Labute approximate surface area is 57.3 Å². The highest BCUT2D eigenvalue weighted by molar-refractivity contribution is 5.98. The maximum absolute atomic E-state index is 10.4. The minimum absolute atomic E-state index is 0.376. The number of rotatable bonds is 0. The van der Waals surface area contributed by atoms with E-state index in [9.17, 15) is 9.59 Å². The summed E-state index contributed by atoms with van der Waals surface area (Å²) >= 11 is 0. The van der Waals surface area contributed by atoms with Gasteiger partial charge >= 0.3 is 6.03 Å². The average Bonchev–Trinajstić information content (AvgIpc) is 1.58. The summed E-state index contributed by atoms with van der Waals surface area (Å²) in [4.78, 5) is 23.6. The zero-order valence-electron chi connectivity index (χ0n) is 5.42. The molecule has 0 fully saturated rings. The summed E-state index contributed by atoms with van der Waals surface area (Å²) in [6.45, 7) is 1.18. The summed E-state index contributed by atoms with van der Waals surface area (Å²) in [6.07, 6.45) is 0. The van der Waals surface area contributed by atoms with Crippen LogP contribution in [0.15, 0.2) is 4.99 Å². The molecule has 0 heterocycles. The van der Waals surface area contributed by atoms with Gasteiger partial charge in [0.15, 0.2) is 5.96 Å². The summed E-state index contributed by atoms with van der Waals surface area (Å²) in [5.74, 6) is -0.881. The molecule has 0 aromatic heterocycles. The van der Waals surface area contributed by atoms with Crippen LogP contribution in [0.4, 0.5) is 4.79 Å². The summed E-state index contributed by atoms with van der Waals surface area (Å²) in [5.41, 5.74) is 9.65. The molecular formula is C4H8N4O2. The lowest BCUT2D eigenvalue weighted by molar-refractivity contribution is -0.117. The molecule has 0 saturated carbocycles. The molecular weight excluding hydrogens is 136 g/mol. The van der Waals surface area contributed by atoms with Gasteiger partial charge in [0.05, 0.1) is 0 Å². The van der Waals surface area contributed by atoms with Crippen molar-refractivity contribution in [3.05, 3.63) is 0 Å². The summed E-state index contributed by atoms with van der Waals surface area (Å²) < 4.78 is 0. The molecule has 0 aliphatic carbocycles. The van der Waals surface area contributed by atoms with E-state index in [4.69, 9.17) is 11.5 Å². The number of nitrogens with one attached hydrogen (secondary N) is 1. The van der Waals surface area contributed by atoms with Crippen LogP contribution in [0.1, 0.15) is 6.92 Å². The van der Waals surface area contributed by atoms with Crippen LogP contribution in [0.5, 0.6) is 0 Å². The highest BCUT2D eigenvalue weighted by Gasteiger charge is 1.98. The van der Waals surface area contributed by atoms with Gasteiger partial charge in [-0.15, -0.1) is 0 Å². The Morgan fingerprint density at radius 2 is 1.90 bits per heavy atom. The van der Waals surface area contributed by atoms with Gasteiger partial charge in [0, 0.05) is 6.92 Å². The third-order valence-electron chi connectivity index (χ3n) is 0.514. The normalized spacial score (nSPS) is 8.10. The van der Waals surface area contributed by atoms with Gasteiger partial charge in [0.1, 0.15) is 0 Å². The zero-order valence-corrected chi connectivity index (χ0v) is 5.42. The molecule has 10 heavy (non-hydrogen) atoms. The van der Waals surface area contributed by atoms with E-state index < -0.39 is 11.9 Å². The Kier molecular flexibility index (Phi) is 2.89. The Balaban J connectivity index is 3.88. The lowest BCUT2D eigenvalue weighted by Crippen LogP contribution is -2.30. The number of nitrogens with zero attached hydrogens (tertiary/aromatic N) is 1. The van der Waals surface area contributed by atoms with Gasteiger partial charge in [-0.2, -0.15) is 4.99 Å². The number of carbonyl (C=O) groups is 2. The second kappa shape index (κ2) is 3.44. The van der Waals surface area contributed by atoms with Gasteiger partial charge in [-0.3, -0.25) is 10.1 Å². The molecule has 0 bridgehead atoms. The van der Waals surface area contributed by atoms with E-state index in [-0.39, 0.29) is 5.96 Å². The number of guanidine groups is 1. The Morgan fingerprint density at radius 1 is 1.40 bits per heavy atom. The zero-order chi connectivity index (χ0) is 8.15. The molecule has 3 amide bonds. The van der Waals surface area contributed by atoms with E-state index in [2.05, 4.69) is 4.99 Å². The van der Waals surface area contributed by atoms with Crippen LogP contribution in [-0.4, -0.2) is 17.9 Å². The van der Waals surface area contributed by atoms with Crippen molar-refractivity contribution in [2.24, 2.45) is 16.5 Å². The monoisotopic (exact) mass is 144 g/mol. The molecule has 0 spiro atoms. The molecule has 0 aromatic carbocycles. The van der Waals surface area contributed by atoms with Crippen molar-refractivity contribution in [3.8, 4) is 0 Å². The molecule has 0 aliphatic heterocycles. The number of hydrogen-bond donors (Lipinski definition) is 3. The van der Waals surface area contributed by atoms with Crippen molar-refractivity contribution in [1.82, 2.24) is 5.32 Å². The first kappa shape index (κ1) is 8.41. The number of imide groups is 1. The molecule has 0 atom stereocenters. The quantitative estimate of drug-likeness (QED) is 0.284. The number of urea groups is 1. The predicted octanol–water partition coefficient (Wildman–Crippen LogP) is -1.48. The van der Waals surface area contributed by atoms with E-state index in [0.717, 1.165) is 0 Å². The summed E-state index contributed by atoms with van der Waals surface area (Å²) in [7, 11) is 0. The number of aliphatic imine (C=N–C) groups is 1. The van der Waals surface area contributed by atoms with Crippen LogP contribution in [0.25, 0.3) is 0 Å². The van der Waals surface area contributed by atoms with Crippen molar-refractivity contribution in [2.45, 2.75) is 6.92 Å². The van der Waals surface area contributed by atoms with Crippen molar-refractivity contribution in [1.29, 1.82) is 0 Å². The van der Waals surface area contributed by atoms with Crippen LogP contribution in [0, 0.1) is 0 Å². The van der Waals surface area contributed by atoms with E-state index in [1.54, 1.807) is 0 Å². The van der Waals surface area contributed by atoms with Gasteiger partial charge in [0.25, 0.3) is 0 Å². The van der Waals surface area contributed by atoms with Crippen LogP contribution in [0.3, 0.4) is 0 Å². The molecule has 0 aromatic rings. The summed E-state index contributed by atoms with van der Waals surface area (Å²) in [5, 5.41) is 1.85. The summed E-state index contributed by atoms with van der Waals surface area (Å²) in [6, 6.07) is -0.854. The number of hydrogen-bond acceptors (Lipinski definition) is 2. The van der Waals surface area contributed by atoms with Gasteiger partial charge in [-0.1, -0.05) is 0 Å². The molecule has 5 N–H and O–H groups in total. The molecule has 0 rings (SSSR count). The first-order chi connectivity index (χ1) is 4.52. The van der Waals surface area contributed by atoms with E-state index >= 15 is 0 Å². The van der Waals surface area contributed by atoms with Gasteiger partial charge in [-0.05, 0) is 0 Å². The SMILES string of the molecule is CC(=O)NC(=O)N=C(N)N. The van der Waals surface area contributed by atoms with Crippen molar-refractivity contribution in [2.75, 3.05) is 0 Å². The Hall–Kier alpha value is -1.59. The lowest BCUT2D eigenvalue weighted by atomic mass is 10.7. The highest BCUT2D eigenvalue weighted by Crippen LogP contribution is 1.71. The fourth-order valence-electron chi connectivity index (χ4n) is 0.296. The first-order valence-corrected chi connectivity index (χ1v) is 2.43. The molecule has 0 unspecified atom stereocenters. The van der Waals surface area contributed by atoms with E-state index in [1.165, 1.54) is 6.92 Å². The fraction of sp³-hybridized carbons (Fsp3) is 0.250. The molecule has 0 aliphatic rings. The predicted molar refractivity (Wildman–Crippen MR) is 35.0 cm³/mol.